The first-order chi connectivity index (χ1) is 8.16. The molecule has 1 nitrogen and oxygen atoms in total. The van der Waals surface area contributed by atoms with Crippen molar-refractivity contribution in [3.63, 3.8) is 0 Å². The summed E-state index contributed by atoms with van der Waals surface area (Å²) in [4.78, 5) is 2.51. The summed E-state index contributed by atoms with van der Waals surface area (Å²) >= 11 is 0. The fourth-order valence-electron chi connectivity index (χ4n) is 2.39. The van der Waals surface area contributed by atoms with E-state index in [1.54, 1.807) is 0 Å². The zero-order valence-electron chi connectivity index (χ0n) is 13.4. The van der Waals surface area contributed by atoms with Crippen LogP contribution in [0.2, 0.25) is 0 Å². The normalized spacial score (nSPS) is 21.2. The van der Waals surface area contributed by atoms with Gasteiger partial charge in [-0.2, -0.15) is 0 Å². The summed E-state index contributed by atoms with van der Waals surface area (Å²) in [5.41, 5.74) is 2.00. The molecule has 0 aliphatic carbocycles. The molecular weight excluding hydrogens is 218 g/mol. The highest BCUT2D eigenvalue weighted by Crippen LogP contribution is 2.35. The van der Waals surface area contributed by atoms with Crippen LogP contribution in [0.1, 0.15) is 61.3 Å². The van der Waals surface area contributed by atoms with Gasteiger partial charge in [0.2, 0.25) is 0 Å². The van der Waals surface area contributed by atoms with Crippen molar-refractivity contribution in [3.8, 4) is 0 Å². The van der Waals surface area contributed by atoms with E-state index in [0.717, 1.165) is 0 Å². The average molecular weight is 249 g/mol. The third-order valence-electron chi connectivity index (χ3n) is 3.66. The molecule has 0 aromatic heterocycles. The Hall–Kier alpha value is -0.720. The lowest BCUT2D eigenvalue weighted by molar-refractivity contribution is 0.179. The van der Waals surface area contributed by atoms with Gasteiger partial charge in [-0.15, -0.1) is 0 Å². The summed E-state index contributed by atoms with van der Waals surface area (Å²) in [6.07, 6.45) is 9.63. The summed E-state index contributed by atoms with van der Waals surface area (Å²) in [6, 6.07) is 0.517. The number of rotatable bonds is 3. The van der Waals surface area contributed by atoms with Gasteiger partial charge in [-0.05, 0) is 35.1 Å². The summed E-state index contributed by atoms with van der Waals surface area (Å²) in [6.45, 7) is 17.3. The molecule has 0 amide bonds. The molecule has 0 radical (unpaired) electrons. The van der Waals surface area contributed by atoms with Crippen molar-refractivity contribution in [2.75, 3.05) is 6.54 Å². The summed E-state index contributed by atoms with van der Waals surface area (Å²) < 4.78 is 0. The zero-order valence-corrected chi connectivity index (χ0v) is 13.4. The Morgan fingerprint density at radius 2 is 1.72 bits per heavy atom. The van der Waals surface area contributed by atoms with Gasteiger partial charge in [0.25, 0.3) is 0 Å². The minimum absolute atomic E-state index is 0.247. The van der Waals surface area contributed by atoms with Crippen LogP contribution in [-0.4, -0.2) is 17.5 Å². The van der Waals surface area contributed by atoms with Crippen molar-refractivity contribution >= 4 is 0 Å². The highest BCUT2D eigenvalue weighted by atomic mass is 15.1. The highest BCUT2D eigenvalue weighted by molar-refractivity contribution is 5.31. The Bertz CT molecular complexity index is 322. The standard InChI is InChI=1S/C17H31N/c1-8-9-11-18-12-10-14(16(2,3)4)13-15(18)17(5,6)7/h10,12-13,15H,8-9,11H2,1-7H3. The summed E-state index contributed by atoms with van der Waals surface area (Å²) in [7, 11) is 0. The Morgan fingerprint density at radius 1 is 1.11 bits per heavy atom. The predicted molar refractivity (Wildman–Crippen MR) is 81.5 cm³/mol. The molecule has 0 fully saturated rings. The van der Waals surface area contributed by atoms with Crippen molar-refractivity contribution < 1.29 is 0 Å². The van der Waals surface area contributed by atoms with E-state index >= 15 is 0 Å². The molecule has 18 heavy (non-hydrogen) atoms. The molecule has 1 rings (SSSR count). The second-order valence-electron chi connectivity index (χ2n) is 7.59. The third kappa shape index (κ3) is 3.90. The number of hydrogen-bond acceptors (Lipinski definition) is 1. The van der Waals surface area contributed by atoms with Crippen LogP contribution in [0.4, 0.5) is 0 Å². The van der Waals surface area contributed by atoms with Crippen LogP contribution in [0.15, 0.2) is 23.9 Å². The van der Waals surface area contributed by atoms with Crippen molar-refractivity contribution in [3.05, 3.63) is 23.9 Å². The van der Waals surface area contributed by atoms with Crippen molar-refractivity contribution in [1.29, 1.82) is 0 Å². The Kier molecular flexibility index (Phi) is 4.69. The van der Waals surface area contributed by atoms with Gasteiger partial charge in [0.15, 0.2) is 0 Å². The first-order valence-electron chi connectivity index (χ1n) is 7.32. The summed E-state index contributed by atoms with van der Waals surface area (Å²) in [5, 5.41) is 0. The van der Waals surface area contributed by atoms with Crippen LogP contribution < -0.4 is 0 Å². The molecule has 1 heteroatoms. The topological polar surface area (TPSA) is 3.24 Å². The number of allylic oxidation sites excluding steroid dienone is 2. The number of unbranched alkanes of at least 4 members (excludes halogenated alkanes) is 1. The van der Waals surface area contributed by atoms with E-state index in [1.165, 1.54) is 25.0 Å². The lowest BCUT2D eigenvalue weighted by Crippen LogP contribution is -2.42. The maximum atomic E-state index is 2.51. The smallest absolute Gasteiger partial charge is 0.0521 e. The quantitative estimate of drug-likeness (QED) is 0.680. The van der Waals surface area contributed by atoms with Crippen LogP contribution in [0.25, 0.3) is 0 Å². The Labute approximate surface area is 114 Å². The predicted octanol–water partition coefficient (Wildman–Crippen LogP) is 5.00. The van der Waals surface area contributed by atoms with Gasteiger partial charge in [0, 0.05) is 6.54 Å². The summed E-state index contributed by atoms with van der Waals surface area (Å²) in [5.74, 6) is 0. The van der Waals surface area contributed by atoms with Crippen LogP contribution in [0.3, 0.4) is 0 Å². The molecule has 1 heterocycles. The van der Waals surface area contributed by atoms with E-state index in [1.807, 2.05) is 0 Å². The SMILES string of the molecule is CCCCN1C=CC(C(C)(C)C)=CC1C(C)(C)C. The molecular formula is C17H31N. The zero-order chi connectivity index (χ0) is 14.0. The van der Waals surface area contributed by atoms with E-state index < -0.39 is 0 Å². The molecule has 104 valence electrons. The average Bonchev–Trinajstić information content (AvgIpc) is 2.23. The van der Waals surface area contributed by atoms with Crippen LogP contribution in [0.5, 0.6) is 0 Å². The number of nitrogens with zero attached hydrogens (tertiary/aromatic N) is 1. The first-order valence-corrected chi connectivity index (χ1v) is 7.32. The van der Waals surface area contributed by atoms with E-state index in [9.17, 15) is 0 Å². The molecule has 1 aliphatic heterocycles. The molecule has 0 N–H and O–H groups in total. The lowest BCUT2D eigenvalue weighted by Gasteiger charge is -2.42. The van der Waals surface area contributed by atoms with E-state index in [4.69, 9.17) is 0 Å². The van der Waals surface area contributed by atoms with Gasteiger partial charge in [0.1, 0.15) is 0 Å². The second-order valence-corrected chi connectivity index (χ2v) is 7.59. The molecule has 0 saturated carbocycles. The molecule has 0 bridgehead atoms. The van der Waals surface area contributed by atoms with Crippen LogP contribution >= 0.6 is 0 Å². The van der Waals surface area contributed by atoms with Gasteiger partial charge >= 0.3 is 0 Å². The minimum Gasteiger partial charge on any atom is -0.370 e. The Balaban J connectivity index is 2.94. The van der Waals surface area contributed by atoms with Crippen molar-refractivity contribution in [2.24, 2.45) is 10.8 Å². The largest absolute Gasteiger partial charge is 0.370 e. The molecule has 1 unspecified atom stereocenters. The lowest BCUT2D eigenvalue weighted by atomic mass is 9.78. The molecule has 0 spiro atoms. The minimum atomic E-state index is 0.247. The van der Waals surface area contributed by atoms with Crippen molar-refractivity contribution in [2.45, 2.75) is 67.3 Å². The maximum Gasteiger partial charge on any atom is 0.0521 e. The van der Waals surface area contributed by atoms with E-state index in [2.05, 4.69) is 71.7 Å². The van der Waals surface area contributed by atoms with Gasteiger partial charge < -0.3 is 4.90 Å². The van der Waals surface area contributed by atoms with Gasteiger partial charge in [-0.3, -0.25) is 0 Å². The fourth-order valence-corrected chi connectivity index (χ4v) is 2.39. The van der Waals surface area contributed by atoms with Crippen LogP contribution in [-0.2, 0) is 0 Å². The van der Waals surface area contributed by atoms with Gasteiger partial charge in [0.05, 0.1) is 6.04 Å². The number of hydrogen-bond donors (Lipinski definition) is 0. The van der Waals surface area contributed by atoms with Crippen LogP contribution in [0, 0.1) is 10.8 Å². The molecule has 0 saturated heterocycles. The van der Waals surface area contributed by atoms with E-state index in [-0.39, 0.29) is 10.8 Å². The van der Waals surface area contributed by atoms with Crippen molar-refractivity contribution in [1.82, 2.24) is 4.90 Å². The third-order valence-corrected chi connectivity index (χ3v) is 3.66. The van der Waals surface area contributed by atoms with Gasteiger partial charge in [-0.1, -0.05) is 61.0 Å². The molecule has 0 aromatic carbocycles. The molecule has 1 aliphatic rings. The second kappa shape index (κ2) is 5.50. The molecule has 1 atom stereocenters. The van der Waals surface area contributed by atoms with Gasteiger partial charge in [-0.25, -0.2) is 0 Å². The van der Waals surface area contributed by atoms with E-state index in [0.29, 0.717) is 6.04 Å². The Morgan fingerprint density at radius 3 is 2.17 bits per heavy atom. The maximum absolute atomic E-state index is 2.51. The monoisotopic (exact) mass is 249 g/mol. The molecule has 0 aromatic rings. The highest BCUT2D eigenvalue weighted by Gasteiger charge is 2.31. The fraction of sp³-hybridized carbons (Fsp3) is 0.765. The first kappa shape index (κ1) is 15.3.